The third kappa shape index (κ3) is 5.90. The summed E-state index contributed by atoms with van der Waals surface area (Å²) in [4.78, 5) is 20.8. The number of hydrogen-bond donors (Lipinski definition) is 1. The smallest absolute Gasteiger partial charge is 0.335 e. The van der Waals surface area contributed by atoms with Crippen molar-refractivity contribution >= 4 is 17.0 Å². The number of halogens is 1. The minimum absolute atomic E-state index is 0.0295. The molecule has 0 bridgehead atoms. The minimum atomic E-state index is -0.981. The summed E-state index contributed by atoms with van der Waals surface area (Å²) < 4.78 is 39.6. The molecule has 1 N–H and O–H groups in total. The predicted octanol–water partition coefficient (Wildman–Crippen LogP) is 4.41. The zero-order valence-electron chi connectivity index (χ0n) is 22.0. The van der Waals surface area contributed by atoms with Gasteiger partial charge in [0.15, 0.2) is 0 Å². The van der Waals surface area contributed by atoms with Crippen LogP contribution in [0.4, 0.5) is 4.39 Å². The fraction of sp³-hybridized carbons (Fsp3) is 0.333. The molecule has 0 saturated carbocycles. The Morgan fingerprint density at radius 2 is 1.95 bits per heavy atom. The van der Waals surface area contributed by atoms with Gasteiger partial charge in [0.1, 0.15) is 23.9 Å². The number of nitriles is 1. The normalized spacial score (nSPS) is 20.3. The van der Waals surface area contributed by atoms with Crippen LogP contribution in [0.2, 0.25) is 0 Å². The van der Waals surface area contributed by atoms with Crippen molar-refractivity contribution in [1.29, 1.82) is 5.26 Å². The summed E-state index contributed by atoms with van der Waals surface area (Å²) in [5.41, 5.74) is 2.82. The highest BCUT2D eigenvalue weighted by atomic mass is 19.1. The van der Waals surface area contributed by atoms with Gasteiger partial charge in [-0.1, -0.05) is 12.1 Å². The first-order chi connectivity index (χ1) is 20.0. The first kappa shape index (κ1) is 26.8. The number of pyridine rings is 1. The lowest BCUT2D eigenvalue weighted by atomic mass is 10.1. The van der Waals surface area contributed by atoms with E-state index in [9.17, 15) is 14.3 Å². The molecule has 210 valence electrons. The highest BCUT2D eigenvalue weighted by Gasteiger charge is 2.28. The van der Waals surface area contributed by atoms with E-state index >= 15 is 0 Å². The molecule has 0 aliphatic carbocycles. The van der Waals surface area contributed by atoms with Crippen LogP contribution in [0.5, 0.6) is 5.88 Å². The molecular formula is C30H27FN4O6. The number of benzene rings is 2. The molecule has 2 aliphatic heterocycles. The number of carbonyl (C=O) groups is 1. The highest BCUT2D eigenvalue weighted by molar-refractivity contribution is 5.92. The Morgan fingerprint density at radius 3 is 2.66 bits per heavy atom. The fourth-order valence-corrected chi connectivity index (χ4v) is 4.92. The van der Waals surface area contributed by atoms with E-state index in [1.54, 1.807) is 36.4 Å². The average Bonchev–Trinajstić information content (AvgIpc) is 3.30. The second-order valence-electron chi connectivity index (χ2n) is 10.1. The number of nitrogens with zero attached hydrogens (tertiary/aromatic N) is 4. The molecule has 0 unspecified atom stereocenters. The van der Waals surface area contributed by atoms with Crippen molar-refractivity contribution in [3.63, 3.8) is 0 Å². The molecule has 4 aromatic rings. The first-order valence-corrected chi connectivity index (χ1v) is 13.3. The van der Waals surface area contributed by atoms with Crippen LogP contribution < -0.4 is 4.74 Å². The maximum atomic E-state index is 14.2. The SMILES string of the molecule is N#Cc1ccc(COc2cccc(C3OCC(Cc4nc5ccc(C(=O)O)cc5n4C[C@@H]4CCO4)CO3)n2)c(F)c1. The Bertz CT molecular complexity index is 1620. The van der Waals surface area contributed by atoms with E-state index in [4.69, 9.17) is 29.2 Å². The lowest BCUT2D eigenvalue weighted by Crippen LogP contribution is -2.33. The molecule has 1 atom stereocenters. The Morgan fingerprint density at radius 1 is 1.12 bits per heavy atom. The summed E-state index contributed by atoms with van der Waals surface area (Å²) in [5.74, 6) is -0.334. The third-order valence-electron chi connectivity index (χ3n) is 7.24. The summed E-state index contributed by atoms with van der Waals surface area (Å²) in [6, 6.07) is 16.3. The predicted molar refractivity (Wildman–Crippen MR) is 143 cm³/mol. The fourth-order valence-electron chi connectivity index (χ4n) is 4.92. The van der Waals surface area contributed by atoms with Crippen LogP contribution in [0.3, 0.4) is 0 Å². The Labute approximate surface area is 234 Å². The molecule has 11 heteroatoms. The van der Waals surface area contributed by atoms with Crippen molar-refractivity contribution in [2.75, 3.05) is 19.8 Å². The van der Waals surface area contributed by atoms with E-state index in [2.05, 4.69) is 9.55 Å². The van der Waals surface area contributed by atoms with Gasteiger partial charge in [0.05, 0.1) is 54.1 Å². The number of rotatable bonds is 9. The summed E-state index contributed by atoms with van der Waals surface area (Å²) in [5, 5.41) is 18.4. The maximum Gasteiger partial charge on any atom is 0.335 e. The molecule has 0 spiro atoms. The van der Waals surface area contributed by atoms with Crippen LogP contribution in [0.15, 0.2) is 54.6 Å². The molecule has 2 aromatic heterocycles. The maximum absolute atomic E-state index is 14.2. The third-order valence-corrected chi connectivity index (χ3v) is 7.24. The van der Waals surface area contributed by atoms with Crippen LogP contribution in [-0.2, 0) is 33.8 Å². The molecule has 2 aromatic carbocycles. The Kier molecular flexibility index (Phi) is 7.61. The summed E-state index contributed by atoms with van der Waals surface area (Å²) >= 11 is 0. The molecule has 6 rings (SSSR count). The van der Waals surface area contributed by atoms with Crippen LogP contribution in [0.1, 0.15) is 45.7 Å². The monoisotopic (exact) mass is 558 g/mol. The van der Waals surface area contributed by atoms with Crippen molar-refractivity contribution in [2.24, 2.45) is 5.92 Å². The largest absolute Gasteiger partial charge is 0.478 e. The molecule has 2 aliphatic rings. The summed E-state index contributed by atoms with van der Waals surface area (Å²) in [7, 11) is 0. The van der Waals surface area contributed by atoms with E-state index in [1.165, 1.54) is 18.2 Å². The van der Waals surface area contributed by atoms with Gasteiger partial charge in [0, 0.05) is 30.6 Å². The van der Waals surface area contributed by atoms with Crippen molar-refractivity contribution in [2.45, 2.75) is 38.4 Å². The van der Waals surface area contributed by atoms with Gasteiger partial charge < -0.3 is 28.6 Å². The minimum Gasteiger partial charge on any atom is -0.478 e. The van der Waals surface area contributed by atoms with Crippen molar-refractivity contribution < 1.29 is 33.2 Å². The number of aromatic nitrogens is 3. The van der Waals surface area contributed by atoms with Crippen LogP contribution in [-0.4, -0.2) is 51.5 Å². The summed E-state index contributed by atoms with van der Waals surface area (Å²) in [6.45, 7) is 2.12. The van der Waals surface area contributed by atoms with E-state index in [-0.39, 0.29) is 29.8 Å². The molecule has 4 heterocycles. The van der Waals surface area contributed by atoms with Crippen LogP contribution >= 0.6 is 0 Å². The molecule has 0 amide bonds. The molecule has 0 radical (unpaired) electrons. The van der Waals surface area contributed by atoms with Crippen molar-refractivity contribution in [3.8, 4) is 11.9 Å². The number of imidazole rings is 1. The molecular weight excluding hydrogens is 531 g/mol. The first-order valence-electron chi connectivity index (χ1n) is 13.3. The van der Waals surface area contributed by atoms with Gasteiger partial charge in [-0.05, 0) is 42.8 Å². The zero-order valence-corrected chi connectivity index (χ0v) is 22.0. The zero-order chi connectivity index (χ0) is 28.3. The Balaban J connectivity index is 1.10. The number of ether oxygens (including phenoxy) is 4. The van der Waals surface area contributed by atoms with Gasteiger partial charge in [0.25, 0.3) is 0 Å². The average molecular weight is 559 g/mol. The van der Waals surface area contributed by atoms with Gasteiger partial charge in [-0.25, -0.2) is 19.2 Å². The lowest BCUT2D eigenvalue weighted by Gasteiger charge is -2.30. The highest BCUT2D eigenvalue weighted by Crippen LogP contribution is 2.29. The van der Waals surface area contributed by atoms with E-state index in [0.717, 1.165) is 29.9 Å². The second-order valence-corrected chi connectivity index (χ2v) is 10.1. The van der Waals surface area contributed by atoms with Gasteiger partial charge >= 0.3 is 5.97 Å². The number of aromatic carboxylic acids is 1. The quantitative estimate of drug-likeness (QED) is 0.318. The Hall–Kier alpha value is -4.37. The van der Waals surface area contributed by atoms with Gasteiger partial charge in [0.2, 0.25) is 12.2 Å². The van der Waals surface area contributed by atoms with E-state index in [1.807, 2.05) is 6.07 Å². The molecule has 41 heavy (non-hydrogen) atoms. The van der Waals surface area contributed by atoms with Crippen LogP contribution in [0, 0.1) is 23.1 Å². The van der Waals surface area contributed by atoms with Gasteiger partial charge in [-0.2, -0.15) is 5.26 Å². The topological polar surface area (TPSA) is 129 Å². The van der Waals surface area contributed by atoms with Gasteiger partial charge in [-0.15, -0.1) is 0 Å². The molecule has 2 saturated heterocycles. The number of hydrogen-bond acceptors (Lipinski definition) is 8. The lowest BCUT2D eigenvalue weighted by molar-refractivity contribution is -0.207. The van der Waals surface area contributed by atoms with Crippen molar-refractivity contribution in [3.05, 3.63) is 88.6 Å². The van der Waals surface area contributed by atoms with Gasteiger partial charge in [-0.3, -0.25) is 0 Å². The molecule has 10 nitrogen and oxygen atoms in total. The number of carboxylic acids is 1. The molecule has 2 fully saturated rings. The van der Waals surface area contributed by atoms with E-state index < -0.39 is 18.1 Å². The standard InChI is InChI=1S/C30H27FN4O6/c31-23-10-18(13-32)4-5-21(23)17-39-28-3-1-2-25(34-28)30-40-15-19(16-41-30)11-27-33-24-7-6-20(29(36)37)12-26(24)35(27)14-22-8-9-38-22/h1-7,10,12,19,22,30H,8-9,11,14-17H2,(H,36,37)/t19?,22-,30?/m0/s1. The van der Waals surface area contributed by atoms with E-state index in [0.29, 0.717) is 43.3 Å². The second kappa shape index (κ2) is 11.6. The van der Waals surface area contributed by atoms with Crippen LogP contribution in [0.25, 0.3) is 11.0 Å². The summed E-state index contributed by atoms with van der Waals surface area (Å²) in [6.07, 6.45) is 0.940. The number of fused-ring (bicyclic) bond motifs is 1. The number of carboxylic acid groups (broad SMARTS) is 1. The van der Waals surface area contributed by atoms with Crippen molar-refractivity contribution in [1.82, 2.24) is 14.5 Å².